The zero-order chi connectivity index (χ0) is 17.1. The number of H-pyrrole nitrogens is 1. The van der Waals surface area contributed by atoms with Crippen LogP contribution < -0.4 is 11.3 Å². The Morgan fingerprint density at radius 1 is 1.33 bits per heavy atom. The van der Waals surface area contributed by atoms with Crippen LogP contribution in [-0.2, 0) is 4.74 Å². The summed E-state index contributed by atoms with van der Waals surface area (Å²) in [7, 11) is 0. The van der Waals surface area contributed by atoms with E-state index < -0.39 is 11.5 Å². The van der Waals surface area contributed by atoms with Gasteiger partial charge in [0.25, 0.3) is 5.56 Å². The first-order valence-corrected chi connectivity index (χ1v) is 7.15. The molecule has 3 N–H and O–H groups in total. The van der Waals surface area contributed by atoms with E-state index in [4.69, 9.17) is 10.5 Å². The summed E-state index contributed by atoms with van der Waals surface area (Å²) in [4.78, 5) is 28.0. The predicted molar refractivity (Wildman–Crippen MR) is 86.8 cm³/mol. The lowest BCUT2D eigenvalue weighted by molar-refractivity contribution is 0.0526. The van der Waals surface area contributed by atoms with E-state index in [1.807, 2.05) is 6.07 Å². The van der Waals surface area contributed by atoms with Crippen LogP contribution >= 0.6 is 0 Å². The summed E-state index contributed by atoms with van der Waals surface area (Å²) in [5.41, 5.74) is 6.22. The Morgan fingerprint density at radius 3 is 2.79 bits per heavy atom. The number of esters is 1. The van der Waals surface area contributed by atoms with Crippen molar-refractivity contribution in [3.05, 3.63) is 52.4 Å². The molecule has 0 aliphatic rings. The summed E-state index contributed by atoms with van der Waals surface area (Å²) in [6.45, 7) is 1.88. The maximum absolute atomic E-state index is 12.1. The minimum atomic E-state index is -0.619. The number of nitrogens with zero attached hydrogens (tertiary/aromatic N) is 4. The third kappa shape index (κ3) is 2.74. The number of benzene rings is 1. The number of hydrogen-bond donors (Lipinski definition) is 2. The number of azo groups is 1. The number of carbonyl (C=O) groups excluding carboxylic acids is 1. The molecule has 0 unspecified atom stereocenters. The van der Waals surface area contributed by atoms with E-state index in [-0.39, 0.29) is 29.3 Å². The van der Waals surface area contributed by atoms with Crippen LogP contribution in [0.25, 0.3) is 5.65 Å². The van der Waals surface area contributed by atoms with Crippen molar-refractivity contribution in [3.63, 3.8) is 0 Å². The second-order valence-corrected chi connectivity index (χ2v) is 4.76. The van der Waals surface area contributed by atoms with Gasteiger partial charge in [0.05, 0.1) is 12.3 Å². The number of carbonyl (C=O) groups is 1. The third-order valence-corrected chi connectivity index (χ3v) is 3.20. The number of hydrogen-bond acceptors (Lipinski definition) is 7. The van der Waals surface area contributed by atoms with E-state index in [0.717, 1.165) is 0 Å². The molecule has 0 saturated carbocycles. The minimum absolute atomic E-state index is 0.000891. The molecule has 0 radical (unpaired) electrons. The van der Waals surface area contributed by atoms with Crippen molar-refractivity contribution in [2.24, 2.45) is 10.2 Å². The molecular weight excluding hydrogens is 312 g/mol. The van der Waals surface area contributed by atoms with Crippen molar-refractivity contribution in [3.8, 4) is 0 Å². The van der Waals surface area contributed by atoms with Gasteiger partial charge in [0.1, 0.15) is 11.4 Å². The molecule has 2 aromatic heterocycles. The van der Waals surface area contributed by atoms with E-state index in [1.165, 1.54) is 10.7 Å². The fourth-order valence-corrected chi connectivity index (χ4v) is 2.08. The Hall–Kier alpha value is -3.49. The molecule has 0 aliphatic carbocycles. The van der Waals surface area contributed by atoms with Crippen LogP contribution in [0.5, 0.6) is 0 Å². The summed E-state index contributed by atoms with van der Waals surface area (Å²) < 4.78 is 6.08. The highest BCUT2D eigenvalue weighted by atomic mass is 16.5. The van der Waals surface area contributed by atoms with Gasteiger partial charge in [-0.25, -0.2) is 14.3 Å². The van der Waals surface area contributed by atoms with E-state index in [9.17, 15) is 9.59 Å². The van der Waals surface area contributed by atoms with Gasteiger partial charge in [-0.2, -0.15) is 5.11 Å². The summed E-state index contributed by atoms with van der Waals surface area (Å²) in [6, 6.07) is 8.95. The zero-order valence-corrected chi connectivity index (χ0v) is 12.8. The molecule has 2 heterocycles. The quantitative estimate of drug-likeness (QED) is 0.561. The average Bonchev–Trinajstić information content (AvgIpc) is 2.91. The number of ether oxygens (including phenoxy) is 1. The molecule has 9 nitrogen and oxygen atoms in total. The molecule has 24 heavy (non-hydrogen) atoms. The number of nitrogens with one attached hydrogen (secondary N) is 1. The highest BCUT2D eigenvalue weighted by molar-refractivity contribution is 5.94. The van der Waals surface area contributed by atoms with Crippen LogP contribution in [0.4, 0.5) is 17.2 Å². The number of aromatic nitrogens is 3. The Morgan fingerprint density at radius 2 is 2.08 bits per heavy atom. The highest BCUT2D eigenvalue weighted by Gasteiger charge is 2.18. The highest BCUT2D eigenvalue weighted by Crippen LogP contribution is 2.21. The number of nitrogen functional groups attached to an aromatic ring is 1. The molecular formula is C15H14N6O3. The van der Waals surface area contributed by atoms with Crippen LogP contribution in [0.15, 0.2) is 51.6 Å². The lowest BCUT2D eigenvalue weighted by Crippen LogP contribution is -2.13. The molecule has 9 heteroatoms. The normalized spacial score (nSPS) is 11.2. The van der Waals surface area contributed by atoms with Crippen LogP contribution in [0.1, 0.15) is 17.3 Å². The molecule has 3 aromatic rings. The maximum Gasteiger partial charge on any atom is 0.343 e. The first kappa shape index (κ1) is 15.4. The molecule has 0 atom stereocenters. The van der Waals surface area contributed by atoms with Crippen molar-refractivity contribution in [1.82, 2.24) is 14.6 Å². The minimum Gasteiger partial charge on any atom is -0.462 e. The number of nitrogens with two attached hydrogens (primary N) is 1. The van der Waals surface area contributed by atoms with Crippen LogP contribution in [0, 0.1) is 0 Å². The molecule has 0 spiro atoms. The average molecular weight is 326 g/mol. The van der Waals surface area contributed by atoms with Gasteiger partial charge in [0, 0.05) is 6.20 Å². The Kier molecular flexibility index (Phi) is 4.06. The molecule has 1 aromatic carbocycles. The molecule has 0 aliphatic heterocycles. The largest absolute Gasteiger partial charge is 0.462 e. The molecule has 0 saturated heterocycles. The maximum atomic E-state index is 12.1. The predicted octanol–water partition coefficient (Wildman–Crippen LogP) is 2.20. The Bertz CT molecular complexity index is 974. The summed E-state index contributed by atoms with van der Waals surface area (Å²) in [6.07, 6.45) is 1.25. The topological polar surface area (TPSA) is 127 Å². The fraction of sp³-hybridized carbons (Fsp3) is 0.133. The van der Waals surface area contributed by atoms with Crippen molar-refractivity contribution >= 4 is 28.8 Å². The standard InChI is InChI=1S/C15H14N6O3/c1-2-24-15(23)10-8-17-13-11(14(22)20-21(13)12(10)16)19-18-9-6-4-3-5-7-9/h3-8H,2,16H2,1H3,(H,20,22). The van der Waals surface area contributed by atoms with Gasteiger partial charge in [-0.05, 0) is 19.1 Å². The van der Waals surface area contributed by atoms with E-state index >= 15 is 0 Å². The zero-order valence-electron chi connectivity index (χ0n) is 12.8. The first-order valence-electron chi connectivity index (χ1n) is 7.15. The Balaban J connectivity index is 2.06. The lowest BCUT2D eigenvalue weighted by Gasteiger charge is -2.06. The van der Waals surface area contributed by atoms with Crippen molar-refractivity contribution in [2.75, 3.05) is 12.3 Å². The van der Waals surface area contributed by atoms with Crippen molar-refractivity contribution in [1.29, 1.82) is 0 Å². The van der Waals surface area contributed by atoms with E-state index in [1.54, 1.807) is 31.2 Å². The van der Waals surface area contributed by atoms with E-state index in [0.29, 0.717) is 5.69 Å². The first-order chi connectivity index (χ1) is 11.6. The van der Waals surface area contributed by atoms with Gasteiger partial charge in [0.15, 0.2) is 11.3 Å². The second-order valence-electron chi connectivity index (χ2n) is 4.76. The van der Waals surface area contributed by atoms with Crippen LogP contribution in [0.3, 0.4) is 0 Å². The Labute approximate surface area is 135 Å². The fourth-order valence-electron chi connectivity index (χ4n) is 2.08. The SMILES string of the molecule is CCOC(=O)c1cnc2c(N=Nc3ccccc3)c(=O)[nH]n2c1N. The van der Waals surface area contributed by atoms with Gasteiger partial charge >= 0.3 is 5.97 Å². The van der Waals surface area contributed by atoms with Gasteiger partial charge in [-0.15, -0.1) is 5.11 Å². The molecule has 0 amide bonds. The monoisotopic (exact) mass is 326 g/mol. The molecule has 0 bridgehead atoms. The lowest BCUT2D eigenvalue weighted by atomic mass is 10.3. The summed E-state index contributed by atoms with van der Waals surface area (Å²) in [5, 5.41) is 10.4. The van der Waals surface area contributed by atoms with Gasteiger partial charge in [-0.1, -0.05) is 18.2 Å². The van der Waals surface area contributed by atoms with Crippen LogP contribution in [0.2, 0.25) is 0 Å². The number of aromatic amines is 1. The number of rotatable bonds is 4. The van der Waals surface area contributed by atoms with E-state index in [2.05, 4.69) is 20.3 Å². The van der Waals surface area contributed by atoms with Gasteiger partial charge < -0.3 is 10.5 Å². The van der Waals surface area contributed by atoms with Crippen LogP contribution in [-0.4, -0.2) is 27.2 Å². The number of anilines is 1. The third-order valence-electron chi connectivity index (χ3n) is 3.20. The summed E-state index contributed by atoms with van der Waals surface area (Å²) in [5.74, 6) is -0.608. The molecule has 0 fully saturated rings. The number of fused-ring (bicyclic) bond motifs is 1. The second kappa shape index (κ2) is 6.32. The van der Waals surface area contributed by atoms with Gasteiger partial charge in [-0.3, -0.25) is 9.89 Å². The van der Waals surface area contributed by atoms with Gasteiger partial charge in [0.2, 0.25) is 0 Å². The summed E-state index contributed by atoms with van der Waals surface area (Å²) >= 11 is 0. The molecule has 122 valence electrons. The smallest absolute Gasteiger partial charge is 0.343 e. The van der Waals surface area contributed by atoms with Crippen molar-refractivity contribution in [2.45, 2.75) is 6.92 Å². The van der Waals surface area contributed by atoms with Crippen molar-refractivity contribution < 1.29 is 9.53 Å². The molecule has 3 rings (SSSR count).